The predicted molar refractivity (Wildman–Crippen MR) is 89.9 cm³/mol. The van der Waals surface area contributed by atoms with Gasteiger partial charge in [0.1, 0.15) is 0 Å². The van der Waals surface area contributed by atoms with Crippen LogP contribution in [-0.2, 0) is 24.1 Å². The van der Waals surface area contributed by atoms with E-state index in [0.29, 0.717) is 18.1 Å². The molecule has 1 fully saturated rings. The zero-order chi connectivity index (χ0) is 15.2. The largest absolute Gasteiger partial charge is 0.378 e. The lowest BCUT2D eigenvalue weighted by Gasteiger charge is -2.21. The topological polar surface area (TPSA) is 34.1 Å². The van der Waals surface area contributed by atoms with E-state index >= 15 is 0 Å². The maximum Gasteiger partial charge on any atom is 0.0957 e. The third-order valence-corrected chi connectivity index (χ3v) is 4.89. The second kappa shape index (κ2) is 8.25. The molecule has 2 rings (SSSR count). The fourth-order valence-corrected chi connectivity index (χ4v) is 3.78. The van der Waals surface area contributed by atoms with E-state index in [1.54, 1.807) is 0 Å². The SMILES string of the molecule is CC(C)Cc1nc(CC2CCCCO2)sc1CNC(C)C. The Kier molecular flexibility index (Phi) is 6.65. The summed E-state index contributed by atoms with van der Waals surface area (Å²) in [6.07, 6.45) is 6.18. The molecule has 1 aromatic rings. The van der Waals surface area contributed by atoms with Crippen LogP contribution >= 0.6 is 11.3 Å². The van der Waals surface area contributed by atoms with E-state index in [1.807, 2.05) is 11.3 Å². The zero-order valence-electron chi connectivity index (χ0n) is 13.9. The molecule has 0 bridgehead atoms. The summed E-state index contributed by atoms with van der Waals surface area (Å²) in [5.41, 5.74) is 1.30. The van der Waals surface area contributed by atoms with Crippen molar-refractivity contribution in [3.8, 4) is 0 Å². The first-order valence-corrected chi connectivity index (χ1v) is 9.18. The Hall–Kier alpha value is -0.450. The molecular weight excluding hydrogens is 280 g/mol. The molecule has 0 radical (unpaired) electrons. The summed E-state index contributed by atoms with van der Waals surface area (Å²) in [6, 6.07) is 0.518. The molecule has 1 aliphatic heterocycles. The van der Waals surface area contributed by atoms with E-state index in [1.165, 1.54) is 34.8 Å². The molecule has 1 atom stereocenters. The van der Waals surface area contributed by atoms with Crippen LogP contribution < -0.4 is 5.32 Å². The Balaban J connectivity index is 2.02. The van der Waals surface area contributed by atoms with Gasteiger partial charge in [-0.25, -0.2) is 4.98 Å². The second-order valence-corrected chi connectivity index (χ2v) is 7.97. The minimum Gasteiger partial charge on any atom is -0.378 e. The highest BCUT2D eigenvalue weighted by atomic mass is 32.1. The van der Waals surface area contributed by atoms with E-state index < -0.39 is 0 Å². The third-order valence-electron chi connectivity index (χ3n) is 3.77. The predicted octanol–water partition coefficient (Wildman–Crippen LogP) is 3.95. The van der Waals surface area contributed by atoms with E-state index in [9.17, 15) is 0 Å². The molecule has 1 saturated heterocycles. The highest BCUT2D eigenvalue weighted by molar-refractivity contribution is 7.11. The number of nitrogens with zero attached hydrogens (tertiary/aromatic N) is 1. The van der Waals surface area contributed by atoms with Crippen LogP contribution in [0.1, 0.15) is 62.5 Å². The van der Waals surface area contributed by atoms with Crippen molar-refractivity contribution in [3.63, 3.8) is 0 Å². The number of rotatable bonds is 7. The lowest BCUT2D eigenvalue weighted by atomic mass is 10.1. The summed E-state index contributed by atoms with van der Waals surface area (Å²) in [6.45, 7) is 10.8. The third kappa shape index (κ3) is 5.68. The molecular formula is C17H30N2OS. The molecule has 1 aliphatic rings. The van der Waals surface area contributed by atoms with Crippen molar-refractivity contribution in [2.75, 3.05) is 6.61 Å². The minimum absolute atomic E-state index is 0.391. The molecule has 2 heterocycles. The van der Waals surface area contributed by atoms with E-state index in [0.717, 1.165) is 26.0 Å². The van der Waals surface area contributed by atoms with Crippen LogP contribution in [0.15, 0.2) is 0 Å². The number of hydrogen-bond donors (Lipinski definition) is 1. The summed E-state index contributed by atoms with van der Waals surface area (Å²) in [5, 5.41) is 4.79. The molecule has 0 aliphatic carbocycles. The van der Waals surface area contributed by atoms with Gasteiger partial charge in [0.15, 0.2) is 0 Å². The van der Waals surface area contributed by atoms with Gasteiger partial charge in [-0.2, -0.15) is 0 Å². The van der Waals surface area contributed by atoms with Gasteiger partial charge in [-0.3, -0.25) is 0 Å². The van der Waals surface area contributed by atoms with Gasteiger partial charge in [-0.05, 0) is 31.6 Å². The average Bonchev–Trinajstić information content (AvgIpc) is 2.78. The Morgan fingerprint density at radius 3 is 2.71 bits per heavy atom. The molecule has 4 heteroatoms. The number of ether oxygens (including phenoxy) is 1. The van der Waals surface area contributed by atoms with Crippen molar-refractivity contribution in [1.82, 2.24) is 10.3 Å². The fourth-order valence-electron chi connectivity index (χ4n) is 2.67. The first kappa shape index (κ1) is 16.9. The normalized spacial score (nSPS) is 19.6. The van der Waals surface area contributed by atoms with Gasteiger partial charge in [-0.1, -0.05) is 27.7 Å². The summed E-state index contributed by atoms with van der Waals surface area (Å²) in [5.74, 6) is 0.656. The smallest absolute Gasteiger partial charge is 0.0957 e. The quantitative estimate of drug-likeness (QED) is 0.828. The summed E-state index contributed by atoms with van der Waals surface area (Å²) in [4.78, 5) is 6.34. The van der Waals surface area contributed by atoms with Gasteiger partial charge in [0.2, 0.25) is 0 Å². The second-order valence-electron chi connectivity index (χ2n) is 6.80. The molecule has 3 nitrogen and oxygen atoms in total. The summed E-state index contributed by atoms with van der Waals surface area (Å²) < 4.78 is 5.86. The van der Waals surface area contributed by atoms with Crippen molar-refractivity contribution in [1.29, 1.82) is 0 Å². The molecule has 0 saturated carbocycles. The van der Waals surface area contributed by atoms with Crippen molar-refractivity contribution >= 4 is 11.3 Å². The van der Waals surface area contributed by atoms with Gasteiger partial charge < -0.3 is 10.1 Å². The number of nitrogens with one attached hydrogen (secondary N) is 1. The Morgan fingerprint density at radius 2 is 2.10 bits per heavy atom. The Labute approximate surface area is 133 Å². The highest BCUT2D eigenvalue weighted by Gasteiger charge is 2.19. The van der Waals surface area contributed by atoms with Crippen molar-refractivity contribution in [2.24, 2.45) is 5.92 Å². The molecule has 1 N–H and O–H groups in total. The maximum absolute atomic E-state index is 5.86. The standard InChI is InChI=1S/C17H30N2OS/c1-12(2)9-15-16(11-18-13(3)4)21-17(19-15)10-14-7-5-6-8-20-14/h12-14,18H,5-11H2,1-4H3. The van der Waals surface area contributed by atoms with Gasteiger partial charge in [0, 0.05) is 30.5 Å². The van der Waals surface area contributed by atoms with Crippen molar-refractivity contribution in [3.05, 3.63) is 15.6 Å². The Morgan fingerprint density at radius 1 is 1.29 bits per heavy atom. The van der Waals surface area contributed by atoms with E-state index in [4.69, 9.17) is 9.72 Å². The van der Waals surface area contributed by atoms with Crippen LogP contribution in [0.5, 0.6) is 0 Å². The number of hydrogen-bond acceptors (Lipinski definition) is 4. The van der Waals surface area contributed by atoms with Crippen LogP contribution in [0.2, 0.25) is 0 Å². The number of aromatic nitrogens is 1. The van der Waals surface area contributed by atoms with Gasteiger partial charge in [-0.15, -0.1) is 11.3 Å². The first-order valence-electron chi connectivity index (χ1n) is 8.37. The van der Waals surface area contributed by atoms with Crippen LogP contribution in [0, 0.1) is 5.92 Å². The van der Waals surface area contributed by atoms with E-state index in [-0.39, 0.29) is 0 Å². The van der Waals surface area contributed by atoms with Crippen LogP contribution in [-0.4, -0.2) is 23.7 Å². The van der Waals surface area contributed by atoms with Gasteiger partial charge in [0.05, 0.1) is 16.8 Å². The lowest BCUT2D eigenvalue weighted by Crippen LogP contribution is -2.22. The number of thiazole rings is 1. The maximum atomic E-state index is 5.86. The lowest BCUT2D eigenvalue weighted by molar-refractivity contribution is 0.0167. The minimum atomic E-state index is 0.391. The zero-order valence-corrected chi connectivity index (χ0v) is 14.8. The van der Waals surface area contributed by atoms with E-state index in [2.05, 4.69) is 33.0 Å². The van der Waals surface area contributed by atoms with Gasteiger partial charge >= 0.3 is 0 Å². The van der Waals surface area contributed by atoms with Crippen molar-refractivity contribution in [2.45, 2.75) is 78.5 Å². The first-order chi connectivity index (χ1) is 10.0. The summed E-state index contributed by atoms with van der Waals surface area (Å²) in [7, 11) is 0. The average molecular weight is 311 g/mol. The summed E-state index contributed by atoms with van der Waals surface area (Å²) >= 11 is 1.88. The fraction of sp³-hybridized carbons (Fsp3) is 0.824. The molecule has 0 spiro atoms. The molecule has 120 valence electrons. The molecule has 0 amide bonds. The van der Waals surface area contributed by atoms with Crippen LogP contribution in [0.4, 0.5) is 0 Å². The monoisotopic (exact) mass is 310 g/mol. The van der Waals surface area contributed by atoms with Crippen LogP contribution in [0.25, 0.3) is 0 Å². The van der Waals surface area contributed by atoms with Crippen molar-refractivity contribution < 1.29 is 4.74 Å². The molecule has 1 unspecified atom stereocenters. The highest BCUT2D eigenvalue weighted by Crippen LogP contribution is 2.25. The Bertz CT molecular complexity index is 422. The van der Waals surface area contributed by atoms with Crippen LogP contribution in [0.3, 0.4) is 0 Å². The molecule has 1 aromatic heterocycles. The van der Waals surface area contributed by atoms with Gasteiger partial charge in [0.25, 0.3) is 0 Å². The molecule has 21 heavy (non-hydrogen) atoms. The molecule has 0 aromatic carbocycles.